The van der Waals surface area contributed by atoms with Crippen LogP contribution < -0.4 is 5.73 Å². The molecule has 240 valence electrons. The predicted molar refractivity (Wildman–Crippen MR) is 169 cm³/mol. The first-order valence-electron chi connectivity index (χ1n) is 16.9. The number of anilines is 1. The maximum absolute atomic E-state index is 12.3. The highest BCUT2D eigenvalue weighted by Gasteiger charge is 2.31. The summed E-state index contributed by atoms with van der Waals surface area (Å²) in [6, 6.07) is 3.79. The minimum atomic E-state index is -4.09. The average Bonchev–Trinajstić information content (AvgIpc) is 3.63. The quantitative estimate of drug-likeness (QED) is 0.0845. The number of nitrogens with zero attached hydrogens (tertiary/aromatic N) is 3. The first-order chi connectivity index (χ1) is 20.5. The zero-order valence-corrected chi connectivity index (χ0v) is 27.0. The number of rotatable bonds is 25. The Labute approximate surface area is 253 Å². The summed E-state index contributed by atoms with van der Waals surface area (Å²) < 4.78 is 30.5. The Morgan fingerprint density at radius 3 is 1.98 bits per heavy atom. The molecule has 3 rings (SSSR count). The normalized spacial score (nSPS) is 18.6. The van der Waals surface area contributed by atoms with E-state index < -0.39 is 7.82 Å². The molecular formula is C32H57N4O5P. The van der Waals surface area contributed by atoms with Crippen molar-refractivity contribution in [2.75, 3.05) is 18.9 Å². The zero-order chi connectivity index (χ0) is 29.9. The molecule has 1 saturated heterocycles. The van der Waals surface area contributed by atoms with Crippen molar-refractivity contribution in [2.45, 2.75) is 154 Å². The van der Waals surface area contributed by atoms with Gasteiger partial charge >= 0.3 is 7.82 Å². The fourth-order valence-corrected chi connectivity index (χ4v) is 6.63. The van der Waals surface area contributed by atoms with Gasteiger partial charge in [-0.2, -0.15) is 5.10 Å². The van der Waals surface area contributed by atoms with E-state index in [1.165, 1.54) is 109 Å². The lowest BCUT2D eigenvalue weighted by Crippen LogP contribution is -2.15. The number of ether oxygens (including phenoxy) is 1. The summed E-state index contributed by atoms with van der Waals surface area (Å²) in [5.41, 5.74) is 7.53. The van der Waals surface area contributed by atoms with E-state index in [0.29, 0.717) is 5.82 Å². The summed E-state index contributed by atoms with van der Waals surface area (Å²) in [4.78, 5) is 14.1. The molecule has 0 amide bonds. The molecule has 1 aliphatic rings. The van der Waals surface area contributed by atoms with Crippen molar-refractivity contribution < 1.29 is 23.2 Å². The van der Waals surface area contributed by atoms with Gasteiger partial charge in [0.25, 0.3) is 0 Å². The molecule has 0 spiro atoms. The van der Waals surface area contributed by atoms with E-state index in [4.69, 9.17) is 19.5 Å². The first kappa shape index (κ1) is 35.0. The monoisotopic (exact) mass is 608 g/mol. The van der Waals surface area contributed by atoms with Crippen LogP contribution in [-0.2, 0) is 18.3 Å². The highest BCUT2D eigenvalue weighted by Crippen LogP contribution is 2.45. The number of nitrogen functional groups attached to an aromatic ring is 1. The molecular weight excluding hydrogens is 551 g/mol. The zero-order valence-electron chi connectivity index (χ0n) is 26.1. The molecule has 3 heterocycles. The number of phosphoric acid groups is 1. The predicted octanol–water partition coefficient (Wildman–Crippen LogP) is 9.10. The number of fused-ring (bicyclic) bond motifs is 1. The molecule has 3 unspecified atom stereocenters. The molecule has 3 atom stereocenters. The topological polar surface area (TPSA) is 121 Å². The van der Waals surface area contributed by atoms with Crippen LogP contribution in [0.2, 0.25) is 0 Å². The van der Waals surface area contributed by atoms with Crippen LogP contribution in [-0.4, -0.2) is 38.8 Å². The fraction of sp³-hybridized carbons (Fsp3) is 0.812. The summed E-state index contributed by atoms with van der Waals surface area (Å²) in [6.45, 7) is 2.53. The molecule has 0 radical (unpaired) electrons. The van der Waals surface area contributed by atoms with Crippen molar-refractivity contribution in [2.24, 2.45) is 0 Å². The van der Waals surface area contributed by atoms with E-state index in [1.54, 1.807) is 4.52 Å². The Bertz CT molecular complexity index is 1040. The molecule has 2 aromatic rings. The van der Waals surface area contributed by atoms with Gasteiger partial charge in [0.15, 0.2) is 5.82 Å². The van der Waals surface area contributed by atoms with Crippen molar-refractivity contribution in [3.63, 3.8) is 0 Å². The molecule has 10 heteroatoms. The maximum atomic E-state index is 12.3. The summed E-state index contributed by atoms with van der Waals surface area (Å²) in [5.74, 6) is 0.414. The highest BCUT2D eigenvalue weighted by molar-refractivity contribution is 7.47. The number of unbranched alkanes of at least 4 members (excludes halogenated alkanes) is 18. The number of hydrogen-bond donors (Lipinski definition) is 2. The van der Waals surface area contributed by atoms with E-state index in [9.17, 15) is 9.46 Å². The van der Waals surface area contributed by atoms with E-state index in [2.05, 4.69) is 17.0 Å². The first-order valence-corrected chi connectivity index (χ1v) is 18.3. The molecule has 0 bridgehead atoms. The second kappa shape index (κ2) is 20.4. The van der Waals surface area contributed by atoms with Crippen LogP contribution in [0.5, 0.6) is 0 Å². The fourth-order valence-electron chi connectivity index (χ4n) is 5.84. The minimum Gasteiger partial charge on any atom is -0.382 e. The van der Waals surface area contributed by atoms with Gasteiger partial charge in [-0.3, -0.25) is 9.05 Å². The van der Waals surface area contributed by atoms with Gasteiger partial charge < -0.3 is 15.4 Å². The third-order valence-electron chi connectivity index (χ3n) is 8.37. The van der Waals surface area contributed by atoms with Crippen LogP contribution in [0.4, 0.5) is 5.82 Å². The van der Waals surface area contributed by atoms with Gasteiger partial charge in [-0.25, -0.2) is 14.1 Å². The average molecular weight is 609 g/mol. The standard InChI is InChI=1S/C32H57N4O5P/c1-2-3-4-5-6-7-8-9-10-11-12-13-14-15-16-17-18-19-20-25-39-42(37,38)40-26-28-21-24-31(41-28)29-22-23-30-32(33)34-27-35-36(29)30/h22-23,27-28,31H,2-21,24-26H2,1H3,(H,37,38)(H2,33,34,35). The summed E-state index contributed by atoms with van der Waals surface area (Å²) in [7, 11) is -4.09. The Balaban J connectivity index is 1.10. The van der Waals surface area contributed by atoms with Gasteiger partial charge in [-0.05, 0) is 31.4 Å². The number of phosphoric ester groups is 1. The molecule has 0 aromatic carbocycles. The Morgan fingerprint density at radius 1 is 0.857 bits per heavy atom. The lowest BCUT2D eigenvalue weighted by Gasteiger charge is -2.16. The SMILES string of the molecule is CCCCCCCCCCCCCCCCCCCCCOP(=O)(O)OCC1CCC(c2ccc3c(N)ncnn23)O1. The smallest absolute Gasteiger partial charge is 0.382 e. The summed E-state index contributed by atoms with van der Waals surface area (Å²) in [5, 5.41) is 4.27. The Hall–Kier alpha value is -1.51. The van der Waals surface area contributed by atoms with Crippen molar-refractivity contribution in [1.82, 2.24) is 14.6 Å². The van der Waals surface area contributed by atoms with Gasteiger partial charge in [0.1, 0.15) is 17.9 Å². The largest absolute Gasteiger partial charge is 0.472 e. The molecule has 1 aliphatic heterocycles. The summed E-state index contributed by atoms with van der Waals surface area (Å²) >= 11 is 0. The van der Waals surface area contributed by atoms with Crippen molar-refractivity contribution >= 4 is 19.2 Å². The second-order valence-corrected chi connectivity index (χ2v) is 13.4. The van der Waals surface area contributed by atoms with Gasteiger partial charge in [0, 0.05) is 0 Å². The van der Waals surface area contributed by atoms with Gasteiger partial charge in [0.2, 0.25) is 0 Å². The molecule has 9 nitrogen and oxygen atoms in total. The maximum Gasteiger partial charge on any atom is 0.472 e. The van der Waals surface area contributed by atoms with Crippen molar-refractivity contribution in [3.8, 4) is 0 Å². The van der Waals surface area contributed by atoms with Gasteiger partial charge in [-0.1, -0.05) is 122 Å². The highest BCUT2D eigenvalue weighted by atomic mass is 31.2. The third-order valence-corrected chi connectivity index (χ3v) is 9.36. The molecule has 0 saturated carbocycles. The molecule has 1 fully saturated rings. The number of hydrogen-bond acceptors (Lipinski definition) is 7. The van der Waals surface area contributed by atoms with Crippen LogP contribution in [0.25, 0.3) is 5.52 Å². The van der Waals surface area contributed by atoms with Crippen LogP contribution in [0.1, 0.15) is 154 Å². The van der Waals surface area contributed by atoms with Crippen molar-refractivity contribution in [1.29, 1.82) is 0 Å². The second-order valence-electron chi connectivity index (χ2n) is 12.0. The number of aromatic nitrogens is 3. The lowest BCUT2D eigenvalue weighted by molar-refractivity contribution is 0.00485. The van der Waals surface area contributed by atoms with E-state index >= 15 is 0 Å². The van der Waals surface area contributed by atoms with Crippen LogP contribution in [0.3, 0.4) is 0 Å². The van der Waals surface area contributed by atoms with E-state index in [-0.39, 0.29) is 25.4 Å². The molecule has 42 heavy (non-hydrogen) atoms. The van der Waals surface area contributed by atoms with Crippen LogP contribution in [0.15, 0.2) is 18.5 Å². The third kappa shape index (κ3) is 13.4. The minimum absolute atomic E-state index is 0.0178. The molecule has 2 aromatic heterocycles. The Kier molecular flexibility index (Phi) is 17.0. The molecule has 3 N–H and O–H groups in total. The van der Waals surface area contributed by atoms with E-state index in [0.717, 1.165) is 43.3 Å². The van der Waals surface area contributed by atoms with E-state index in [1.807, 2.05) is 12.1 Å². The van der Waals surface area contributed by atoms with Gasteiger partial charge in [-0.15, -0.1) is 0 Å². The van der Waals surface area contributed by atoms with Crippen LogP contribution in [0, 0.1) is 0 Å². The summed E-state index contributed by atoms with van der Waals surface area (Å²) in [6.07, 6.45) is 27.4. The van der Waals surface area contributed by atoms with Crippen LogP contribution >= 0.6 is 7.82 Å². The number of nitrogens with two attached hydrogens (primary N) is 1. The Morgan fingerprint density at radius 2 is 1.40 bits per heavy atom. The molecule has 0 aliphatic carbocycles. The lowest BCUT2D eigenvalue weighted by atomic mass is 10.0. The van der Waals surface area contributed by atoms with Gasteiger partial charge in [0.05, 0.1) is 25.0 Å². The van der Waals surface area contributed by atoms with Crippen molar-refractivity contribution in [3.05, 3.63) is 24.2 Å².